The lowest BCUT2D eigenvalue weighted by Gasteiger charge is -2.32. The van der Waals surface area contributed by atoms with E-state index in [1.165, 1.54) is 6.07 Å². The van der Waals surface area contributed by atoms with Gasteiger partial charge in [-0.2, -0.15) is 0 Å². The summed E-state index contributed by atoms with van der Waals surface area (Å²) in [6.07, 6.45) is 2.11. The summed E-state index contributed by atoms with van der Waals surface area (Å²) in [5.41, 5.74) is 0.188. The highest BCUT2D eigenvalue weighted by atomic mass is 79.9. The number of hydrogen-bond acceptors (Lipinski definition) is 2. The maximum Gasteiger partial charge on any atom is 0.137 e. The predicted molar refractivity (Wildman–Crippen MR) is 72.0 cm³/mol. The Morgan fingerprint density at radius 1 is 1.56 bits per heavy atom. The summed E-state index contributed by atoms with van der Waals surface area (Å²) >= 11 is 3.18. The van der Waals surface area contributed by atoms with Gasteiger partial charge in [0.05, 0.1) is 16.7 Å². The normalized spacial score (nSPS) is 23.0. The van der Waals surface area contributed by atoms with Crippen molar-refractivity contribution in [2.45, 2.75) is 31.8 Å². The topological polar surface area (TPSA) is 29.5 Å². The first-order valence-electron chi connectivity index (χ1n) is 6.29. The first kappa shape index (κ1) is 14.0. The third-order valence-electron chi connectivity index (χ3n) is 3.80. The Balaban J connectivity index is 2.15. The van der Waals surface area contributed by atoms with Crippen LogP contribution >= 0.6 is 15.9 Å². The molecule has 100 valence electrons. The van der Waals surface area contributed by atoms with Gasteiger partial charge in [-0.1, -0.05) is 13.0 Å². The largest absolute Gasteiger partial charge is 0.389 e. The molecule has 1 aliphatic rings. The molecule has 0 saturated carbocycles. The summed E-state index contributed by atoms with van der Waals surface area (Å²) in [6, 6.07) is 4.91. The van der Waals surface area contributed by atoms with E-state index < -0.39 is 5.60 Å². The second-order valence-electron chi connectivity index (χ2n) is 4.94. The lowest BCUT2D eigenvalue weighted by molar-refractivity contribution is -0.0248. The standard InChI is InChI=1S/C14H18BrFO2/c1-2-14(17,11-5-6-18-9-11)8-10-3-4-13(16)12(15)7-10/h3-4,7,11,17H,2,5-6,8-9H2,1H3. The van der Waals surface area contributed by atoms with Gasteiger partial charge < -0.3 is 9.84 Å². The second kappa shape index (κ2) is 5.68. The van der Waals surface area contributed by atoms with E-state index in [0.29, 0.717) is 23.9 Å². The molecule has 0 radical (unpaired) electrons. The van der Waals surface area contributed by atoms with Crippen LogP contribution in [0.1, 0.15) is 25.3 Å². The molecule has 1 aromatic rings. The van der Waals surface area contributed by atoms with Crippen LogP contribution in [0.2, 0.25) is 0 Å². The fraction of sp³-hybridized carbons (Fsp3) is 0.571. The quantitative estimate of drug-likeness (QED) is 0.923. The first-order chi connectivity index (χ1) is 8.55. The third kappa shape index (κ3) is 2.92. The van der Waals surface area contributed by atoms with Crippen molar-refractivity contribution in [3.63, 3.8) is 0 Å². The molecular formula is C14H18BrFO2. The lowest BCUT2D eigenvalue weighted by atomic mass is 9.80. The minimum Gasteiger partial charge on any atom is -0.389 e. The zero-order valence-electron chi connectivity index (χ0n) is 10.5. The summed E-state index contributed by atoms with van der Waals surface area (Å²) < 4.78 is 19.0. The van der Waals surface area contributed by atoms with E-state index in [2.05, 4.69) is 15.9 Å². The average Bonchev–Trinajstić information content (AvgIpc) is 2.88. The number of halogens is 2. The van der Waals surface area contributed by atoms with Crippen LogP contribution in [-0.4, -0.2) is 23.9 Å². The summed E-state index contributed by atoms with van der Waals surface area (Å²) in [5.74, 6) is -0.102. The van der Waals surface area contributed by atoms with Gasteiger partial charge >= 0.3 is 0 Å². The average molecular weight is 317 g/mol. The maximum atomic E-state index is 13.2. The Labute approximate surface area is 115 Å². The van der Waals surface area contributed by atoms with Gasteiger partial charge in [-0.15, -0.1) is 0 Å². The van der Waals surface area contributed by atoms with Gasteiger partial charge in [-0.25, -0.2) is 4.39 Å². The smallest absolute Gasteiger partial charge is 0.137 e. The molecule has 1 saturated heterocycles. The number of rotatable bonds is 4. The van der Waals surface area contributed by atoms with Gasteiger partial charge in [0.25, 0.3) is 0 Å². The molecule has 0 spiro atoms. The number of ether oxygens (including phenoxy) is 1. The monoisotopic (exact) mass is 316 g/mol. The highest BCUT2D eigenvalue weighted by molar-refractivity contribution is 9.10. The van der Waals surface area contributed by atoms with Crippen molar-refractivity contribution in [3.05, 3.63) is 34.1 Å². The molecule has 1 aliphatic heterocycles. The highest BCUT2D eigenvalue weighted by Gasteiger charge is 2.37. The summed E-state index contributed by atoms with van der Waals surface area (Å²) in [5, 5.41) is 10.7. The minimum atomic E-state index is -0.756. The van der Waals surface area contributed by atoms with Gasteiger partial charge in [-0.05, 0) is 46.5 Å². The number of hydrogen-bond donors (Lipinski definition) is 1. The summed E-state index contributed by atoms with van der Waals surface area (Å²) in [7, 11) is 0. The van der Waals surface area contributed by atoms with Crippen molar-refractivity contribution < 1.29 is 14.2 Å². The van der Waals surface area contributed by atoms with Gasteiger partial charge in [0.15, 0.2) is 0 Å². The molecular weight excluding hydrogens is 299 g/mol. The Hall–Kier alpha value is -0.450. The molecule has 4 heteroatoms. The van der Waals surface area contributed by atoms with Gasteiger partial charge in [0, 0.05) is 18.9 Å². The second-order valence-corrected chi connectivity index (χ2v) is 5.80. The first-order valence-corrected chi connectivity index (χ1v) is 7.08. The van der Waals surface area contributed by atoms with E-state index >= 15 is 0 Å². The molecule has 2 rings (SSSR count). The zero-order chi connectivity index (χ0) is 13.2. The molecule has 0 amide bonds. The van der Waals surface area contributed by atoms with Gasteiger partial charge in [0.1, 0.15) is 5.82 Å². The van der Waals surface area contributed by atoms with Gasteiger partial charge in [0.2, 0.25) is 0 Å². The van der Waals surface area contributed by atoms with Gasteiger partial charge in [-0.3, -0.25) is 0 Å². The molecule has 2 nitrogen and oxygen atoms in total. The van der Waals surface area contributed by atoms with E-state index in [1.54, 1.807) is 12.1 Å². The zero-order valence-corrected chi connectivity index (χ0v) is 12.0. The van der Waals surface area contributed by atoms with E-state index in [0.717, 1.165) is 18.6 Å². The van der Waals surface area contributed by atoms with Crippen molar-refractivity contribution >= 4 is 15.9 Å². The van der Waals surface area contributed by atoms with Crippen LogP contribution in [0, 0.1) is 11.7 Å². The highest BCUT2D eigenvalue weighted by Crippen LogP contribution is 2.32. The summed E-state index contributed by atoms with van der Waals surface area (Å²) in [4.78, 5) is 0. The summed E-state index contributed by atoms with van der Waals surface area (Å²) in [6.45, 7) is 3.32. The molecule has 2 unspecified atom stereocenters. The number of aliphatic hydroxyl groups is 1. The number of benzene rings is 1. The fourth-order valence-corrected chi connectivity index (χ4v) is 2.95. The van der Waals surface area contributed by atoms with Crippen molar-refractivity contribution in [2.75, 3.05) is 13.2 Å². The fourth-order valence-electron chi connectivity index (χ4n) is 2.52. The maximum absolute atomic E-state index is 13.2. The molecule has 0 bridgehead atoms. The molecule has 2 atom stereocenters. The van der Waals surface area contributed by atoms with Crippen molar-refractivity contribution in [1.82, 2.24) is 0 Å². The van der Waals surface area contributed by atoms with Crippen molar-refractivity contribution in [1.29, 1.82) is 0 Å². The van der Waals surface area contributed by atoms with Crippen molar-refractivity contribution in [3.8, 4) is 0 Å². The van der Waals surface area contributed by atoms with Crippen molar-refractivity contribution in [2.24, 2.45) is 5.92 Å². The molecule has 0 aromatic heterocycles. The SMILES string of the molecule is CCC(O)(Cc1ccc(F)c(Br)c1)C1CCOC1. The van der Waals surface area contributed by atoms with Crippen LogP contribution in [0.3, 0.4) is 0 Å². The molecule has 1 aromatic carbocycles. The predicted octanol–water partition coefficient (Wildman–Crippen LogP) is 3.31. The molecule has 0 aliphatic carbocycles. The molecule has 1 heterocycles. The minimum absolute atomic E-state index is 0.173. The Kier molecular flexibility index (Phi) is 4.41. The molecule has 18 heavy (non-hydrogen) atoms. The van der Waals surface area contributed by atoms with Crippen LogP contribution in [0.5, 0.6) is 0 Å². The van der Waals surface area contributed by atoms with Crippen LogP contribution in [0.15, 0.2) is 22.7 Å². The Morgan fingerprint density at radius 2 is 2.33 bits per heavy atom. The molecule has 1 N–H and O–H groups in total. The Bertz CT molecular complexity index is 418. The van der Waals surface area contributed by atoms with Crippen LogP contribution in [-0.2, 0) is 11.2 Å². The Morgan fingerprint density at radius 3 is 2.89 bits per heavy atom. The van der Waals surface area contributed by atoms with E-state index in [4.69, 9.17) is 4.74 Å². The van der Waals surface area contributed by atoms with E-state index in [9.17, 15) is 9.50 Å². The lowest BCUT2D eigenvalue weighted by Crippen LogP contribution is -2.40. The van der Waals surface area contributed by atoms with E-state index in [1.807, 2.05) is 6.92 Å². The third-order valence-corrected chi connectivity index (χ3v) is 4.40. The molecule has 1 fully saturated rings. The van der Waals surface area contributed by atoms with Crippen LogP contribution < -0.4 is 0 Å². The van der Waals surface area contributed by atoms with E-state index in [-0.39, 0.29) is 11.7 Å². The van der Waals surface area contributed by atoms with Crippen LogP contribution in [0.4, 0.5) is 4.39 Å². The van der Waals surface area contributed by atoms with Crippen LogP contribution in [0.25, 0.3) is 0 Å².